The van der Waals surface area contributed by atoms with Crippen LogP contribution in [0.15, 0.2) is 47.7 Å². The summed E-state index contributed by atoms with van der Waals surface area (Å²) in [6.07, 6.45) is 2.72. The predicted molar refractivity (Wildman–Crippen MR) is 77.9 cm³/mol. The average molecular weight is 245 g/mol. The Labute approximate surface area is 110 Å². The zero-order chi connectivity index (χ0) is 13.6. The van der Waals surface area contributed by atoms with Crippen molar-refractivity contribution in [2.45, 2.75) is 33.2 Å². The first-order valence-electron chi connectivity index (χ1n) is 6.23. The number of aliphatic imine (C=N–C) groups is 1. The van der Waals surface area contributed by atoms with Crippen molar-refractivity contribution in [3.8, 4) is 0 Å². The lowest BCUT2D eigenvalue weighted by atomic mass is 9.98. The summed E-state index contributed by atoms with van der Waals surface area (Å²) in [7, 11) is 1.65. The van der Waals surface area contributed by atoms with Crippen molar-refractivity contribution in [3.63, 3.8) is 0 Å². The first-order chi connectivity index (χ1) is 8.42. The van der Waals surface area contributed by atoms with Crippen molar-refractivity contribution in [3.05, 3.63) is 48.2 Å². The van der Waals surface area contributed by atoms with Gasteiger partial charge < -0.3 is 4.74 Å². The normalized spacial score (nSPS) is 13.6. The smallest absolute Gasteiger partial charge is 0.0908 e. The molecule has 0 aromatic heterocycles. The van der Waals surface area contributed by atoms with Crippen LogP contribution in [0.2, 0.25) is 0 Å². The molecule has 1 atom stereocenters. The van der Waals surface area contributed by atoms with Crippen LogP contribution >= 0.6 is 0 Å². The predicted octanol–water partition coefficient (Wildman–Crippen LogP) is 4.39. The topological polar surface area (TPSA) is 21.6 Å². The van der Waals surface area contributed by atoms with Crippen LogP contribution in [0.4, 0.5) is 0 Å². The number of nitrogens with zero attached hydrogens (tertiary/aromatic N) is 1. The summed E-state index contributed by atoms with van der Waals surface area (Å²) in [4.78, 5) is 4.69. The van der Waals surface area contributed by atoms with Crippen molar-refractivity contribution >= 4 is 6.21 Å². The minimum atomic E-state index is 0.0814. The molecule has 0 aliphatic heterocycles. The fourth-order valence-corrected chi connectivity index (χ4v) is 1.54. The summed E-state index contributed by atoms with van der Waals surface area (Å²) < 4.78 is 5.17. The Bertz CT molecular complexity index is 401. The van der Waals surface area contributed by atoms with E-state index in [1.807, 2.05) is 24.4 Å². The highest BCUT2D eigenvalue weighted by Crippen LogP contribution is 2.25. The van der Waals surface area contributed by atoms with Gasteiger partial charge in [-0.3, -0.25) is 4.99 Å². The van der Waals surface area contributed by atoms with Gasteiger partial charge in [-0.25, -0.2) is 0 Å². The van der Waals surface area contributed by atoms with Gasteiger partial charge in [0.1, 0.15) is 0 Å². The molecule has 1 unspecified atom stereocenters. The van der Waals surface area contributed by atoms with Gasteiger partial charge in [-0.1, -0.05) is 57.7 Å². The van der Waals surface area contributed by atoms with E-state index in [2.05, 4.69) is 44.5 Å². The van der Waals surface area contributed by atoms with E-state index in [4.69, 9.17) is 4.74 Å². The van der Waals surface area contributed by atoms with Crippen LogP contribution in [0.5, 0.6) is 0 Å². The SMILES string of the molecule is C=C(CC(N=CC(C)(C)C)c1ccccc1)OC. The van der Waals surface area contributed by atoms with Gasteiger partial charge in [0, 0.05) is 12.6 Å². The third-order valence-electron chi connectivity index (χ3n) is 2.54. The molecule has 1 aromatic carbocycles. The van der Waals surface area contributed by atoms with Gasteiger partial charge in [-0.15, -0.1) is 0 Å². The van der Waals surface area contributed by atoms with Crippen LogP contribution in [-0.4, -0.2) is 13.3 Å². The Morgan fingerprint density at radius 2 is 1.94 bits per heavy atom. The first kappa shape index (κ1) is 14.5. The summed E-state index contributed by atoms with van der Waals surface area (Å²) in [5.74, 6) is 0.759. The number of ether oxygens (including phenoxy) is 1. The highest BCUT2D eigenvalue weighted by Gasteiger charge is 2.13. The maximum absolute atomic E-state index is 5.17. The molecule has 2 heteroatoms. The van der Waals surface area contributed by atoms with Gasteiger partial charge in [-0.05, 0) is 11.0 Å². The molecular formula is C16H23NO. The second-order valence-electron chi connectivity index (χ2n) is 5.52. The van der Waals surface area contributed by atoms with Crippen LogP contribution < -0.4 is 0 Å². The van der Waals surface area contributed by atoms with E-state index in [1.54, 1.807) is 7.11 Å². The van der Waals surface area contributed by atoms with E-state index in [-0.39, 0.29) is 11.5 Å². The molecule has 0 radical (unpaired) electrons. The fraction of sp³-hybridized carbons (Fsp3) is 0.438. The molecule has 0 saturated carbocycles. The van der Waals surface area contributed by atoms with Crippen LogP contribution in [-0.2, 0) is 4.74 Å². The molecule has 1 rings (SSSR count). The summed E-state index contributed by atoms with van der Waals surface area (Å²) in [5, 5.41) is 0. The summed E-state index contributed by atoms with van der Waals surface area (Å²) in [5.41, 5.74) is 1.28. The third kappa shape index (κ3) is 5.17. The molecule has 98 valence electrons. The Morgan fingerprint density at radius 1 is 1.33 bits per heavy atom. The van der Waals surface area contributed by atoms with Gasteiger partial charge >= 0.3 is 0 Å². The molecule has 0 saturated heterocycles. The highest BCUT2D eigenvalue weighted by atomic mass is 16.5. The Kier molecular flexibility index (Phi) is 5.14. The molecule has 0 aliphatic rings. The molecule has 1 aromatic rings. The number of benzene rings is 1. The molecule has 0 aliphatic carbocycles. The average Bonchev–Trinajstić information content (AvgIpc) is 2.34. The molecule has 2 nitrogen and oxygen atoms in total. The molecule has 0 heterocycles. The first-order valence-corrected chi connectivity index (χ1v) is 6.23. The van der Waals surface area contributed by atoms with Gasteiger partial charge in [0.05, 0.1) is 18.9 Å². The van der Waals surface area contributed by atoms with E-state index in [9.17, 15) is 0 Å². The van der Waals surface area contributed by atoms with Gasteiger partial charge in [0.2, 0.25) is 0 Å². The lowest BCUT2D eigenvalue weighted by Gasteiger charge is -2.17. The third-order valence-corrected chi connectivity index (χ3v) is 2.54. The maximum Gasteiger partial charge on any atom is 0.0908 e. The van der Waals surface area contributed by atoms with Crippen LogP contribution in [0.3, 0.4) is 0 Å². The number of hydrogen-bond donors (Lipinski definition) is 0. The second-order valence-corrected chi connectivity index (χ2v) is 5.52. The minimum absolute atomic E-state index is 0.0814. The lowest BCUT2D eigenvalue weighted by molar-refractivity contribution is 0.272. The van der Waals surface area contributed by atoms with Crippen LogP contribution in [0, 0.1) is 5.41 Å². The van der Waals surface area contributed by atoms with Crippen molar-refractivity contribution in [2.75, 3.05) is 7.11 Å². The van der Waals surface area contributed by atoms with E-state index in [0.717, 1.165) is 5.76 Å². The number of rotatable bonds is 5. The van der Waals surface area contributed by atoms with E-state index < -0.39 is 0 Å². The van der Waals surface area contributed by atoms with Crippen molar-refractivity contribution in [1.82, 2.24) is 0 Å². The summed E-state index contributed by atoms with van der Waals surface area (Å²) >= 11 is 0. The Balaban J connectivity index is 2.89. The molecule has 0 fully saturated rings. The molecule has 0 amide bonds. The molecule has 0 N–H and O–H groups in total. The van der Waals surface area contributed by atoms with Crippen molar-refractivity contribution in [2.24, 2.45) is 10.4 Å². The van der Waals surface area contributed by atoms with Crippen molar-refractivity contribution < 1.29 is 4.74 Å². The minimum Gasteiger partial charge on any atom is -0.502 e. The standard InChI is InChI=1S/C16H23NO/c1-13(18-5)11-15(17-12-16(2,3)4)14-9-7-6-8-10-14/h6-10,12,15H,1,11H2,2-5H3. The molecule has 18 heavy (non-hydrogen) atoms. The van der Waals surface area contributed by atoms with E-state index in [1.165, 1.54) is 5.56 Å². The summed E-state index contributed by atoms with van der Waals surface area (Å²) in [6.45, 7) is 10.3. The molecule has 0 spiro atoms. The van der Waals surface area contributed by atoms with Gasteiger partial charge in [0.25, 0.3) is 0 Å². The van der Waals surface area contributed by atoms with Gasteiger partial charge in [-0.2, -0.15) is 0 Å². The highest BCUT2D eigenvalue weighted by molar-refractivity contribution is 5.64. The number of methoxy groups -OCH3 is 1. The van der Waals surface area contributed by atoms with Gasteiger partial charge in [0.15, 0.2) is 0 Å². The Morgan fingerprint density at radius 3 is 2.44 bits per heavy atom. The van der Waals surface area contributed by atoms with Crippen LogP contribution in [0.25, 0.3) is 0 Å². The monoisotopic (exact) mass is 245 g/mol. The Hall–Kier alpha value is -1.57. The zero-order valence-electron chi connectivity index (χ0n) is 11.8. The summed E-state index contributed by atoms with van der Waals surface area (Å²) in [6, 6.07) is 10.3. The van der Waals surface area contributed by atoms with E-state index in [0.29, 0.717) is 6.42 Å². The van der Waals surface area contributed by atoms with Crippen molar-refractivity contribution in [1.29, 1.82) is 0 Å². The molecular weight excluding hydrogens is 222 g/mol. The second kappa shape index (κ2) is 6.39. The number of hydrogen-bond acceptors (Lipinski definition) is 2. The van der Waals surface area contributed by atoms with Crippen LogP contribution in [0.1, 0.15) is 38.8 Å². The largest absolute Gasteiger partial charge is 0.502 e. The molecule has 0 bridgehead atoms. The maximum atomic E-state index is 5.17. The lowest BCUT2D eigenvalue weighted by Crippen LogP contribution is -2.08. The fourth-order valence-electron chi connectivity index (χ4n) is 1.54. The zero-order valence-corrected chi connectivity index (χ0v) is 11.8. The quantitative estimate of drug-likeness (QED) is 0.556. The van der Waals surface area contributed by atoms with E-state index >= 15 is 0 Å².